The van der Waals surface area contributed by atoms with Crippen LogP contribution in [0.15, 0.2) is 18.2 Å². The molecule has 0 bridgehead atoms. The van der Waals surface area contributed by atoms with Crippen LogP contribution in [0.2, 0.25) is 5.02 Å². The number of nitrogens with zero attached hydrogens (tertiary/aromatic N) is 1. The SMILES string of the molecule is C[C@]12CCCN(C(=O)COc3ccc(F)c(Cl)c3)[C@H]1CCCC(=O)N2. The fraction of sp³-hybridized carbons (Fsp3) is 0.556. The van der Waals surface area contributed by atoms with E-state index in [4.69, 9.17) is 16.3 Å². The number of carbonyl (C=O) groups excluding carboxylic acids is 2. The van der Waals surface area contributed by atoms with Gasteiger partial charge in [0.05, 0.1) is 16.6 Å². The minimum atomic E-state index is -0.527. The molecule has 7 heteroatoms. The maximum absolute atomic E-state index is 13.2. The van der Waals surface area contributed by atoms with E-state index in [0.29, 0.717) is 18.7 Å². The minimum absolute atomic E-state index is 0.0272. The van der Waals surface area contributed by atoms with Crippen molar-refractivity contribution in [3.8, 4) is 5.75 Å². The normalized spacial score (nSPS) is 26.4. The molecule has 2 aliphatic rings. The smallest absolute Gasteiger partial charge is 0.260 e. The van der Waals surface area contributed by atoms with Crippen molar-refractivity contribution in [2.24, 2.45) is 0 Å². The lowest BCUT2D eigenvalue weighted by Gasteiger charge is -2.47. The first-order chi connectivity index (χ1) is 11.9. The summed E-state index contributed by atoms with van der Waals surface area (Å²) < 4.78 is 18.7. The Morgan fingerprint density at radius 2 is 2.28 bits per heavy atom. The monoisotopic (exact) mass is 368 g/mol. The summed E-state index contributed by atoms with van der Waals surface area (Å²) in [6.07, 6.45) is 3.76. The number of likely N-dealkylation sites (tertiary alicyclic amines) is 1. The van der Waals surface area contributed by atoms with Crippen LogP contribution in [0, 0.1) is 5.82 Å². The predicted octanol–water partition coefficient (Wildman–Crippen LogP) is 2.91. The van der Waals surface area contributed by atoms with Gasteiger partial charge in [-0.05, 0) is 44.7 Å². The van der Waals surface area contributed by atoms with Crippen molar-refractivity contribution in [1.29, 1.82) is 0 Å². The number of halogens is 2. The highest BCUT2D eigenvalue weighted by Gasteiger charge is 2.44. The van der Waals surface area contributed by atoms with Crippen LogP contribution in [-0.4, -0.2) is 41.4 Å². The Hall–Kier alpha value is -1.82. The molecule has 0 saturated carbocycles. The molecule has 2 aliphatic heterocycles. The van der Waals surface area contributed by atoms with Crippen LogP contribution >= 0.6 is 11.6 Å². The number of nitrogens with one attached hydrogen (secondary N) is 1. The summed E-state index contributed by atoms with van der Waals surface area (Å²) in [4.78, 5) is 26.4. The van der Waals surface area contributed by atoms with Crippen molar-refractivity contribution < 1.29 is 18.7 Å². The molecule has 2 heterocycles. The molecule has 136 valence electrons. The van der Waals surface area contributed by atoms with Crippen LogP contribution < -0.4 is 10.1 Å². The van der Waals surface area contributed by atoms with E-state index >= 15 is 0 Å². The summed E-state index contributed by atoms with van der Waals surface area (Å²) in [5.41, 5.74) is -0.388. The molecule has 2 amide bonds. The van der Waals surface area contributed by atoms with Crippen LogP contribution in [0.3, 0.4) is 0 Å². The Balaban J connectivity index is 1.68. The van der Waals surface area contributed by atoms with Gasteiger partial charge in [-0.2, -0.15) is 0 Å². The molecule has 0 aromatic heterocycles. The maximum Gasteiger partial charge on any atom is 0.260 e. The van der Waals surface area contributed by atoms with Crippen molar-refractivity contribution in [3.63, 3.8) is 0 Å². The molecular formula is C18H22ClFN2O3. The number of hydrogen-bond donors (Lipinski definition) is 1. The third-order valence-corrected chi connectivity index (χ3v) is 5.38. The molecule has 2 atom stereocenters. The van der Waals surface area contributed by atoms with Gasteiger partial charge in [0.15, 0.2) is 6.61 Å². The summed E-state index contributed by atoms with van der Waals surface area (Å²) in [6.45, 7) is 2.53. The van der Waals surface area contributed by atoms with E-state index in [1.807, 2.05) is 11.8 Å². The van der Waals surface area contributed by atoms with Crippen molar-refractivity contribution in [2.45, 2.75) is 50.6 Å². The summed E-state index contributed by atoms with van der Waals surface area (Å²) in [6, 6.07) is 3.98. The van der Waals surface area contributed by atoms with Crippen molar-refractivity contribution >= 4 is 23.4 Å². The Morgan fingerprint density at radius 3 is 3.04 bits per heavy atom. The molecule has 0 radical (unpaired) electrons. The minimum Gasteiger partial charge on any atom is -0.484 e. The number of benzene rings is 1. The van der Waals surface area contributed by atoms with Crippen LogP contribution in [0.4, 0.5) is 4.39 Å². The van der Waals surface area contributed by atoms with Gasteiger partial charge >= 0.3 is 0 Å². The predicted molar refractivity (Wildman–Crippen MR) is 92.0 cm³/mol. The average molecular weight is 369 g/mol. The second-order valence-corrected chi connectivity index (χ2v) is 7.34. The van der Waals surface area contributed by atoms with Gasteiger partial charge in [-0.1, -0.05) is 11.6 Å². The Labute approximate surface area is 151 Å². The molecular weight excluding hydrogens is 347 g/mol. The first-order valence-electron chi connectivity index (χ1n) is 8.57. The van der Waals surface area contributed by atoms with Gasteiger partial charge in [0.25, 0.3) is 5.91 Å². The summed E-state index contributed by atoms with van der Waals surface area (Å²) in [5.74, 6) is -0.251. The van der Waals surface area contributed by atoms with E-state index < -0.39 is 5.82 Å². The number of amides is 2. The lowest BCUT2D eigenvalue weighted by molar-refractivity contribution is -0.141. The molecule has 0 aliphatic carbocycles. The van der Waals surface area contributed by atoms with E-state index in [0.717, 1.165) is 25.7 Å². The number of rotatable bonds is 3. The van der Waals surface area contributed by atoms with E-state index in [9.17, 15) is 14.0 Å². The van der Waals surface area contributed by atoms with E-state index in [1.54, 1.807) is 0 Å². The van der Waals surface area contributed by atoms with Crippen LogP contribution in [0.5, 0.6) is 5.75 Å². The fourth-order valence-electron chi connectivity index (χ4n) is 3.83. The van der Waals surface area contributed by atoms with Crippen LogP contribution in [-0.2, 0) is 9.59 Å². The molecule has 1 aromatic rings. The summed E-state index contributed by atoms with van der Waals surface area (Å²) in [7, 11) is 0. The lowest BCUT2D eigenvalue weighted by Crippen LogP contribution is -2.64. The number of piperidine rings is 1. The highest BCUT2D eigenvalue weighted by molar-refractivity contribution is 6.30. The van der Waals surface area contributed by atoms with Gasteiger partial charge in [-0.15, -0.1) is 0 Å². The molecule has 1 aromatic carbocycles. The quantitative estimate of drug-likeness (QED) is 0.892. The summed E-state index contributed by atoms with van der Waals surface area (Å²) in [5, 5.41) is 3.06. The average Bonchev–Trinajstić information content (AvgIpc) is 2.72. The number of carbonyl (C=O) groups is 2. The Kier molecular flexibility index (Phi) is 5.18. The van der Waals surface area contributed by atoms with Crippen molar-refractivity contribution in [2.75, 3.05) is 13.2 Å². The lowest BCUT2D eigenvalue weighted by atomic mass is 9.81. The first-order valence-corrected chi connectivity index (χ1v) is 8.95. The zero-order valence-electron chi connectivity index (χ0n) is 14.2. The first kappa shape index (κ1) is 18.0. The zero-order valence-corrected chi connectivity index (χ0v) is 14.9. The largest absolute Gasteiger partial charge is 0.484 e. The molecule has 2 saturated heterocycles. The second-order valence-electron chi connectivity index (χ2n) is 6.93. The van der Waals surface area contributed by atoms with Crippen LogP contribution in [0.1, 0.15) is 39.0 Å². The Morgan fingerprint density at radius 1 is 1.48 bits per heavy atom. The molecule has 0 spiro atoms. The highest BCUT2D eigenvalue weighted by atomic mass is 35.5. The van der Waals surface area contributed by atoms with E-state index in [-0.39, 0.29) is 35.0 Å². The maximum atomic E-state index is 13.2. The van der Waals surface area contributed by atoms with E-state index in [1.165, 1.54) is 18.2 Å². The van der Waals surface area contributed by atoms with Crippen molar-refractivity contribution in [1.82, 2.24) is 10.2 Å². The van der Waals surface area contributed by atoms with Crippen LogP contribution in [0.25, 0.3) is 0 Å². The molecule has 1 N–H and O–H groups in total. The third kappa shape index (κ3) is 3.89. The molecule has 2 fully saturated rings. The number of hydrogen-bond acceptors (Lipinski definition) is 3. The second kappa shape index (κ2) is 7.20. The molecule has 25 heavy (non-hydrogen) atoms. The molecule has 5 nitrogen and oxygen atoms in total. The van der Waals surface area contributed by atoms with E-state index in [2.05, 4.69) is 5.32 Å². The molecule has 0 unspecified atom stereocenters. The number of ether oxygens (including phenoxy) is 1. The number of fused-ring (bicyclic) bond motifs is 1. The third-order valence-electron chi connectivity index (χ3n) is 5.09. The zero-order chi connectivity index (χ0) is 18.0. The van der Waals surface area contributed by atoms with Gasteiger partial charge < -0.3 is 15.0 Å². The standard InChI is InChI=1S/C18H22ClFN2O3/c1-18-8-3-9-22(15(18)4-2-5-16(23)21-18)17(24)11-25-12-6-7-14(20)13(19)10-12/h6-7,10,15H,2-5,8-9,11H2,1H3,(H,21,23)/t15-,18-/m0/s1. The fourth-order valence-corrected chi connectivity index (χ4v) is 4.00. The van der Waals surface area contributed by atoms with Crippen molar-refractivity contribution in [3.05, 3.63) is 29.0 Å². The van der Waals surface area contributed by atoms with Gasteiger partial charge in [-0.25, -0.2) is 4.39 Å². The highest BCUT2D eigenvalue weighted by Crippen LogP contribution is 2.33. The van der Waals surface area contributed by atoms with Gasteiger partial charge in [0.1, 0.15) is 11.6 Å². The topological polar surface area (TPSA) is 58.6 Å². The van der Waals surface area contributed by atoms with Gasteiger partial charge in [0, 0.05) is 19.0 Å². The van der Waals surface area contributed by atoms with Gasteiger partial charge in [0.2, 0.25) is 5.91 Å². The van der Waals surface area contributed by atoms with Gasteiger partial charge in [-0.3, -0.25) is 9.59 Å². The molecule has 3 rings (SSSR count). The Bertz CT molecular complexity index is 684. The summed E-state index contributed by atoms with van der Waals surface area (Å²) >= 11 is 5.73.